The molecule has 1 aromatic heterocycles. The van der Waals surface area contributed by atoms with Crippen LogP contribution in [-0.2, 0) is 0 Å². The van der Waals surface area contributed by atoms with Crippen LogP contribution in [0.15, 0.2) is 35.6 Å². The molecule has 2 rings (SSSR count). The lowest BCUT2D eigenvalue weighted by Gasteiger charge is -1.96. The first-order chi connectivity index (χ1) is 8.56. The third kappa shape index (κ3) is 2.51. The second kappa shape index (κ2) is 4.66. The molecule has 1 heterocycles. The molecule has 2 aromatic rings. The molecule has 0 unspecified atom stereocenters. The average Bonchev–Trinajstić information content (AvgIpc) is 2.65. The second-order valence-electron chi connectivity index (χ2n) is 3.68. The number of aryl methyl sites for hydroxylation is 1. The molecule has 92 valence electrons. The molecule has 0 bridgehead atoms. The summed E-state index contributed by atoms with van der Waals surface area (Å²) >= 11 is 0. The van der Waals surface area contributed by atoms with Gasteiger partial charge in [-0.2, -0.15) is 5.10 Å². The number of nitrogens with two attached hydrogens (primary N) is 1. The van der Waals surface area contributed by atoms with Crippen molar-refractivity contribution in [3.05, 3.63) is 51.8 Å². The molecule has 0 amide bonds. The summed E-state index contributed by atoms with van der Waals surface area (Å²) in [5.74, 6) is 0.272. The maximum absolute atomic E-state index is 10.6. The number of rotatable bonds is 3. The molecule has 0 spiro atoms. The average molecular weight is 245 g/mol. The quantitative estimate of drug-likeness (QED) is 0.504. The van der Waals surface area contributed by atoms with Crippen LogP contribution >= 0.6 is 0 Å². The SMILES string of the molecule is Cc1cn(N=Cc2cccc([N+](=O)[O-])c2)c(N)n1. The van der Waals surface area contributed by atoms with Gasteiger partial charge in [-0.15, -0.1) is 0 Å². The van der Waals surface area contributed by atoms with Gasteiger partial charge >= 0.3 is 0 Å². The number of nitro groups is 1. The van der Waals surface area contributed by atoms with Crippen LogP contribution in [0.1, 0.15) is 11.3 Å². The van der Waals surface area contributed by atoms with Gasteiger partial charge < -0.3 is 5.73 Å². The fraction of sp³-hybridized carbons (Fsp3) is 0.0909. The van der Waals surface area contributed by atoms with Crippen LogP contribution < -0.4 is 5.73 Å². The number of benzene rings is 1. The van der Waals surface area contributed by atoms with Gasteiger partial charge in [0.1, 0.15) is 0 Å². The van der Waals surface area contributed by atoms with Gasteiger partial charge in [-0.05, 0) is 6.92 Å². The van der Waals surface area contributed by atoms with E-state index in [1.807, 2.05) is 0 Å². The van der Waals surface area contributed by atoms with E-state index >= 15 is 0 Å². The van der Waals surface area contributed by atoms with Crippen molar-refractivity contribution in [2.75, 3.05) is 5.73 Å². The predicted molar refractivity (Wildman–Crippen MR) is 67.5 cm³/mol. The molecule has 0 aliphatic carbocycles. The Balaban J connectivity index is 2.26. The molecular weight excluding hydrogens is 234 g/mol. The van der Waals surface area contributed by atoms with E-state index < -0.39 is 4.92 Å². The highest BCUT2D eigenvalue weighted by atomic mass is 16.6. The zero-order valence-corrected chi connectivity index (χ0v) is 9.65. The molecule has 2 N–H and O–H groups in total. The Kier molecular flexibility index (Phi) is 3.05. The third-order valence-electron chi connectivity index (χ3n) is 2.25. The van der Waals surface area contributed by atoms with Gasteiger partial charge in [-0.3, -0.25) is 10.1 Å². The maximum atomic E-state index is 10.6. The van der Waals surface area contributed by atoms with E-state index in [2.05, 4.69) is 10.1 Å². The van der Waals surface area contributed by atoms with Crippen LogP contribution in [0.25, 0.3) is 0 Å². The molecule has 7 heteroatoms. The molecule has 0 saturated carbocycles. The largest absolute Gasteiger partial charge is 0.368 e. The summed E-state index contributed by atoms with van der Waals surface area (Å²) < 4.78 is 1.41. The predicted octanol–water partition coefficient (Wildman–Crippen LogP) is 1.56. The van der Waals surface area contributed by atoms with Crippen LogP contribution in [0, 0.1) is 17.0 Å². The smallest absolute Gasteiger partial charge is 0.270 e. The summed E-state index contributed by atoms with van der Waals surface area (Å²) in [6, 6.07) is 6.18. The zero-order chi connectivity index (χ0) is 13.1. The van der Waals surface area contributed by atoms with E-state index in [1.54, 1.807) is 25.3 Å². The highest BCUT2D eigenvalue weighted by molar-refractivity contribution is 5.80. The maximum Gasteiger partial charge on any atom is 0.270 e. The number of imidazole rings is 1. The Hall–Kier alpha value is -2.70. The minimum absolute atomic E-state index is 0.0220. The van der Waals surface area contributed by atoms with Crippen molar-refractivity contribution in [3.63, 3.8) is 0 Å². The van der Waals surface area contributed by atoms with Crippen LogP contribution in [0.4, 0.5) is 11.6 Å². The number of hydrogen-bond acceptors (Lipinski definition) is 5. The second-order valence-corrected chi connectivity index (χ2v) is 3.68. The summed E-state index contributed by atoms with van der Waals surface area (Å²) in [5, 5.41) is 14.7. The van der Waals surface area contributed by atoms with Crippen molar-refractivity contribution in [1.29, 1.82) is 0 Å². The molecule has 0 atom stereocenters. The van der Waals surface area contributed by atoms with E-state index in [4.69, 9.17) is 5.73 Å². The van der Waals surface area contributed by atoms with E-state index in [0.717, 1.165) is 5.69 Å². The van der Waals surface area contributed by atoms with Crippen molar-refractivity contribution in [2.45, 2.75) is 6.92 Å². The lowest BCUT2D eigenvalue weighted by molar-refractivity contribution is -0.384. The zero-order valence-electron chi connectivity index (χ0n) is 9.65. The Morgan fingerprint density at radius 3 is 2.94 bits per heavy atom. The van der Waals surface area contributed by atoms with Crippen LogP contribution in [-0.4, -0.2) is 20.8 Å². The fourth-order valence-electron chi connectivity index (χ4n) is 1.44. The summed E-state index contributed by atoms with van der Waals surface area (Å²) in [7, 11) is 0. The van der Waals surface area contributed by atoms with Crippen molar-refractivity contribution in [3.8, 4) is 0 Å². The molecule has 1 aromatic carbocycles. The van der Waals surface area contributed by atoms with E-state index in [-0.39, 0.29) is 11.6 Å². The first-order valence-electron chi connectivity index (χ1n) is 5.16. The Labute approximate surface area is 103 Å². The number of nitrogens with zero attached hydrogens (tertiary/aromatic N) is 4. The summed E-state index contributed by atoms with van der Waals surface area (Å²) in [5.41, 5.74) is 7.01. The normalized spacial score (nSPS) is 10.9. The van der Waals surface area contributed by atoms with Crippen LogP contribution in [0.5, 0.6) is 0 Å². The minimum atomic E-state index is -0.451. The Morgan fingerprint density at radius 1 is 1.56 bits per heavy atom. The summed E-state index contributed by atoms with van der Waals surface area (Å²) in [6.45, 7) is 1.80. The van der Waals surface area contributed by atoms with E-state index in [9.17, 15) is 10.1 Å². The van der Waals surface area contributed by atoms with Gasteiger partial charge in [0, 0.05) is 17.7 Å². The minimum Gasteiger partial charge on any atom is -0.368 e. The van der Waals surface area contributed by atoms with Crippen molar-refractivity contribution < 1.29 is 4.92 Å². The molecule has 0 saturated heterocycles. The molecule has 0 fully saturated rings. The van der Waals surface area contributed by atoms with Gasteiger partial charge in [0.15, 0.2) is 0 Å². The first kappa shape index (κ1) is 11.8. The van der Waals surface area contributed by atoms with Crippen LogP contribution in [0.3, 0.4) is 0 Å². The van der Waals surface area contributed by atoms with E-state index in [1.165, 1.54) is 23.0 Å². The number of nitro benzene ring substituents is 1. The van der Waals surface area contributed by atoms with Crippen molar-refractivity contribution in [2.24, 2.45) is 5.10 Å². The third-order valence-corrected chi connectivity index (χ3v) is 2.25. The monoisotopic (exact) mass is 245 g/mol. The van der Waals surface area contributed by atoms with Crippen molar-refractivity contribution >= 4 is 17.9 Å². The lowest BCUT2D eigenvalue weighted by atomic mass is 10.2. The summed E-state index contributed by atoms with van der Waals surface area (Å²) in [4.78, 5) is 14.1. The summed E-state index contributed by atoms with van der Waals surface area (Å²) in [6.07, 6.45) is 3.16. The molecule has 0 radical (unpaired) electrons. The number of anilines is 1. The van der Waals surface area contributed by atoms with Gasteiger partial charge in [0.25, 0.3) is 5.69 Å². The Morgan fingerprint density at radius 2 is 2.33 bits per heavy atom. The first-order valence-corrected chi connectivity index (χ1v) is 5.16. The molecule has 18 heavy (non-hydrogen) atoms. The number of hydrogen-bond donors (Lipinski definition) is 1. The number of aromatic nitrogens is 2. The number of nitrogen functional groups attached to an aromatic ring is 1. The van der Waals surface area contributed by atoms with Gasteiger partial charge in [-0.1, -0.05) is 12.1 Å². The van der Waals surface area contributed by atoms with Gasteiger partial charge in [0.05, 0.1) is 23.0 Å². The molecular formula is C11H11N5O2. The molecule has 0 aliphatic heterocycles. The van der Waals surface area contributed by atoms with Gasteiger partial charge in [0.2, 0.25) is 5.95 Å². The highest BCUT2D eigenvalue weighted by Gasteiger charge is 2.04. The topological polar surface area (TPSA) is 99.3 Å². The Bertz CT molecular complexity index is 618. The number of non-ortho nitro benzene ring substituents is 1. The standard InChI is InChI=1S/C11H11N5O2/c1-8-7-15(11(12)14-8)13-6-9-3-2-4-10(5-9)16(17)18/h2-7H,1H3,(H2,12,14). The van der Waals surface area contributed by atoms with Crippen molar-refractivity contribution in [1.82, 2.24) is 9.66 Å². The molecule has 0 aliphatic rings. The molecule has 7 nitrogen and oxygen atoms in total. The fourth-order valence-corrected chi connectivity index (χ4v) is 1.44. The lowest BCUT2D eigenvalue weighted by Crippen LogP contribution is -1.97. The van der Waals surface area contributed by atoms with Gasteiger partial charge in [-0.25, -0.2) is 9.66 Å². The van der Waals surface area contributed by atoms with Crippen LogP contribution in [0.2, 0.25) is 0 Å². The highest BCUT2D eigenvalue weighted by Crippen LogP contribution is 2.12. The van der Waals surface area contributed by atoms with E-state index in [0.29, 0.717) is 5.56 Å².